The number of methoxy groups -OCH3 is 1. The van der Waals surface area contributed by atoms with Crippen molar-refractivity contribution in [3.8, 4) is 0 Å². The highest BCUT2D eigenvalue weighted by molar-refractivity contribution is 7.99. The predicted octanol–water partition coefficient (Wildman–Crippen LogP) is 5.36. The van der Waals surface area contributed by atoms with Gasteiger partial charge in [-0.15, -0.1) is 0 Å². The van der Waals surface area contributed by atoms with Gasteiger partial charge in [0.25, 0.3) is 0 Å². The molecule has 5 rings (SSSR count). The monoisotopic (exact) mass is 521 g/mol. The predicted molar refractivity (Wildman–Crippen MR) is 140 cm³/mol. The second kappa shape index (κ2) is 10.7. The lowest BCUT2D eigenvalue weighted by Crippen LogP contribution is -2.41. The molecule has 10 heteroatoms. The molecule has 0 bridgehead atoms. The molecule has 3 heterocycles. The molecule has 2 saturated heterocycles. The molecule has 196 valence electrons. The van der Waals surface area contributed by atoms with Crippen LogP contribution in [0.25, 0.3) is 0 Å². The Kier molecular flexibility index (Phi) is 7.57. The molecule has 4 N–H and O–H groups in total. The fourth-order valence-electron chi connectivity index (χ4n) is 5.32. The fraction of sp³-hybridized carbons (Fsp3) is 0.538. The molecule has 0 aromatic heterocycles. The molecular formula is C26H34F3N5OS. The number of halogens is 3. The summed E-state index contributed by atoms with van der Waals surface area (Å²) in [4.78, 5) is 6.12. The molecule has 1 atom stereocenters. The first-order chi connectivity index (χ1) is 17.3. The standard InChI is InChI=1S/C26H34F3N5OS/c1-35-20-3-2-9-34(16-20)19-4-5-21-23(15-19)36-24-14-17(26(27,28)29)13-22(25(24)32-21)31-18-6-10-33(11-7-18)12-8-30/h4-5,13-15,18,20,31-32H,2-3,6-12,16,30H2,1H3. The number of benzene rings is 2. The minimum absolute atomic E-state index is 0.120. The zero-order chi connectivity index (χ0) is 25.3. The number of nitrogens with zero attached hydrogens (tertiary/aromatic N) is 2. The number of nitrogens with one attached hydrogen (secondary N) is 2. The molecule has 3 aliphatic rings. The highest BCUT2D eigenvalue weighted by Crippen LogP contribution is 2.50. The maximum Gasteiger partial charge on any atom is 0.416 e. The van der Waals surface area contributed by atoms with Crippen LogP contribution in [0.3, 0.4) is 0 Å². The Morgan fingerprint density at radius 1 is 1.11 bits per heavy atom. The van der Waals surface area contributed by atoms with Crippen LogP contribution in [0.15, 0.2) is 40.1 Å². The molecule has 0 saturated carbocycles. The third kappa shape index (κ3) is 5.56. The lowest BCUT2D eigenvalue weighted by atomic mass is 10.0. The van der Waals surface area contributed by atoms with Gasteiger partial charge in [-0.1, -0.05) is 11.8 Å². The Hall–Kier alpha value is -2.14. The van der Waals surface area contributed by atoms with Gasteiger partial charge in [0, 0.05) is 67.9 Å². The van der Waals surface area contributed by atoms with Gasteiger partial charge in [0.1, 0.15) is 0 Å². The van der Waals surface area contributed by atoms with Crippen LogP contribution in [-0.2, 0) is 10.9 Å². The van der Waals surface area contributed by atoms with Crippen molar-refractivity contribution < 1.29 is 17.9 Å². The van der Waals surface area contributed by atoms with E-state index in [2.05, 4.69) is 32.6 Å². The van der Waals surface area contributed by atoms with Crippen molar-refractivity contribution in [1.82, 2.24) is 4.90 Å². The molecule has 0 spiro atoms. The van der Waals surface area contributed by atoms with Gasteiger partial charge in [-0.05, 0) is 56.0 Å². The summed E-state index contributed by atoms with van der Waals surface area (Å²) < 4.78 is 47.1. The molecule has 2 aromatic rings. The van der Waals surface area contributed by atoms with Crippen LogP contribution in [-0.4, -0.2) is 63.4 Å². The van der Waals surface area contributed by atoms with Gasteiger partial charge in [0.05, 0.1) is 28.7 Å². The lowest BCUT2D eigenvalue weighted by molar-refractivity contribution is -0.137. The summed E-state index contributed by atoms with van der Waals surface area (Å²) in [5, 5.41) is 6.87. The molecular weight excluding hydrogens is 487 g/mol. The number of nitrogens with two attached hydrogens (primary N) is 1. The number of fused-ring (bicyclic) bond motifs is 2. The van der Waals surface area contributed by atoms with E-state index in [4.69, 9.17) is 10.5 Å². The molecule has 1 unspecified atom stereocenters. The Labute approximate surface area is 214 Å². The largest absolute Gasteiger partial charge is 0.416 e. The first kappa shape index (κ1) is 25.5. The summed E-state index contributed by atoms with van der Waals surface area (Å²) in [5.74, 6) is 0. The first-order valence-electron chi connectivity index (χ1n) is 12.6. The lowest BCUT2D eigenvalue weighted by Gasteiger charge is -2.35. The first-order valence-corrected chi connectivity index (χ1v) is 13.5. The smallest absolute Gasteiger partial charge is 0.380 e. The average Bonchev–Trinajstić information content (AvgIpc) is 2.88. The van der Waals surface area contributed by atoms with Gasteiger partial charge in [-0.3, -0.25) is 0 Å². The maximum atomic E-state index is 13.8. The molecule has 6 nitrogen and oxygen atoms in total. The van der Waals surface area contributed by atoms with E-state index in [0.29, 0.717) is 17.1 Å². The highest BCUT2D eigenvalue weighted by Gasteiger charge is 2.34. The number of alkyl halides is 3. The van der Waals surface area contributed by atoms with Gasteiger partial charge >= 0.3 is 6.18 Å². The Balaban J connectivity index is 1.39. The molecule has 36 heavy (non-hydrogen) atoms. The topological polar surface area (TPSA) is 65.8 Å². The van der Waals surface area contributed by atoms with E-state index >= 15 is 0 Å². The third-order valence-electron chi connectivity index (χ3n) is 7.34. The van der Waals surface area contributed by atoms with Crippen molar-refractivity contribution >= 4 is 34.5 Å². The second-order valence-electron chi connectivity index (χ2n) is 9.80. The van der Waals surface area contributed by atoms with Crippen molar-refractivity contribution in [1.29, 1.82) is 0 Å². The van der Waals surface area contributed by atoms with E-state index in [-0.39, 0.29) is 12.1 Å². The number of likely N-dealkylation sites (tertiary alicyclic amines) is 1. The van der Waals surface area contributed by atoms with E-state index in [1.807, 2.05) is 6.07 Å². The highest BCUT2D eigenvalue weighted by atomic mass is 32.2. The van der Waals surface area contributed by atoms with Crippen LogP contribution < -0.4 is 21.3 Å². The Morgan fingerprint density at radius 2 is 1.92 bits per heavy atom. The molecule has 0 aliphatic carbocycles. The summed E-state index contributed by atoms with van der Waals surface area (Å²) in [5.41, 5.74) is 8.26. The normalized spacial score (nSPS) is 21.0. The molecule has 0 amide bonds. The van der Waals surface area contributed by atoms with Crippen molar-refractivity contribution in [2.75, 3.05) is 61.9 Å². The summed E-state index contributed by atoms with van der Waals surface area (Å²) in [6.07, 6.45) is -0.372. The number of rotatable bonds is 6. The summed E-state index contributed by atoms with van der Waals surface area (Å²) in [7, 11) is 1.74. The van der Waals surface area contributed by atoms with Crippen LogP contribution in [0.1, 0.15) is 31.2 Å². The number of piperidine rings is 2. The Bertz CT molecular complexity index is 1070. The minimum atomic E-state index is -4.42. The SMILES string of the molecule is COC1CCCN(c2ccc3c(c2)Sc2cc(C(F)(F)F)cc(NC4CCN(CCN)CC4)c2N3)C1. The van der Waals surface area contributed by atoms with Gasteiger partial charge in [0.2, 0.25) is 0 Å². The third-order valence-corrected chi connectivity index (χ3v) is 8.44. The number of hydrogen-bond donors (Lipinski definition) is 3. The zero-order valence-corrected chi connectivity index (χ0v) is 21.4. The Morgan fingerprint density at radius 3 is 2.64 bits per heavy atom. The van der Waals surface area contributed by atoms with E-state index in [1.54, 1.807) is 7.11 Å². The zero-order valence-electron chi connectivity index (χ0n) is 20.5. The molecule has 3 aliphatic heterocycles. The quantitative estimate of drug-likeness (QED) is 0.403. The number of hydrogen-bond acceptors (Lipinski definition) is 7. The maximum absolute atomic E-state index is 13.8. The van der Waals surface area contributed by atoms with Crippen LogP contribution >= 0.6 is 11.8 Å². The van der Waals surface area contributed by atoms with Crippen LogP contribution in [0.4, 0.5) is 35.9 Å². The van der Waals surface area contributed by atoms with E-state index in [0.717, 1.165) is 80.4 Å². The van der Waals surface area contributed by atoms with Gasteiger partial charge in [-0.25, -0.2) is 0 Å². The minimum Gasteiger partial charge on any atom is -0.380 e. The average molecular weight is 522 g/mol. The summed E-state index contributed by atoms with van der Waals surface area (Å²) in [6, 6.07) is 8.82. The second-order valence-corrected chi connectivity index (χ2v) is 10.9. The molecule has 0 radical (unpaired) electrons. The van der Waals surface area contributed by atoms with Gasteiger partial charge in [-0.2, -0.15) is 13.2 Å². The van der Waals surface area contributed by atoms with Gasteiger partial charge in [0.15, 0.2) is 0 Å². The van der Waals surface area contributed by atoms with Crippen LogP contribution in [0.5, 0.6) is 0 Å². The van der Waals surface area contributed by atoms with Crippen LogP contribution in [0.2, 0.25) is 0 Å². The fourth-order valence-corrected chi connectivity index (χ4v) is 6.41. The van der Waals surface area contributed by atoms with Crippen molar-refractivity contribution in [2.24, 2.45) is 5.73 Å². The van der Waals surface area contributed by atoms with Crippen molar-refractivity contribution in [3.63, 3.8) is 0 Å². The van der Waals surface area contributed by atoms with Crippen molar-refractivity contribution in [3.05, 3.63) is 35.9 Å². The number of anilines is 4. The van der Waals surface area contributed by atoms with E-state index in [1.165, 1.54) is 23.9 Å². The summed E-state index contributed by atoms with van der Waals surface area (Å²) >= 11 is 1.40. The summed E-state index contributed by atoms with van der Waals surface area (Å²) in [6.45, 7) is 5.02. The van der Waals surface area contributed by atoms with E-state index < -0.39 is 11.7 Å². The van der Waals surface area contributed by atoms with Crippen LogP contribution in [0, 0.1) is 0 Å². The van der Waals surface area contributed by atoms with E-state index in [9.17, 15) is 13.2 Å². The van der Waals surface area contributed by atoms with Crippen molar-refractivity contribution in [2.45, 2.75) is 53.8 Å². The number of ether oxygens (including phenoxy) is 1. The molecule has 2 fully saturated rings. The molecule has 2 aromatic carbocycles. The van der Waals surface area contributed by atoms with Gasteiger partial charge < -0.3 is 30.9 Å².